The summed E-state index contributed by atoms with van der Waals surface area (Å²) in [6, 6.07) is 4.86. The van der Waals surface area contributed by atoms with E-state index in [4.69, 9.17) is 4.74 Å². The summed E-state index contributed by atoms with van der Waals surface area (Å²) in [5.74, 6) is -3.82. The number of rotatable bonds is 7. The lowest BCUT2D eigenvalue weighted by molar-refractivity contribution is 0.0697. The topological polar surface area (TPSA) is 127 Å². The highest BCUT2D eigenvalue weighted by molar-refractivity contribution is 9.10. The number of sulfonamides is 1. The molecule has 14 heteroatoms. The minimum atomic E-state index is -3.71. The third-order valence-electron chi connectivity index (χ3n) is 3.41. The summed E-state index contributed by atoms with van der Waals surface area (Å²) in [5, 5.41) is 9.28. The molecule has 0 atom stereocenters. The molecule has 0 saturated heterocycles. The first-order valence-corrected chi connectivity index (χ1v) is 13.2. The van der Waals surface area contributed by atoms with Crippen LogP contribution in [-0.4, -0.2) is 39.4 Å². The molecule has 0 aliphatic heterocycles. The SMILES string of the molecule is CCS(=O)(=O)Cl.CCS(=O)(=O)Nc1cc(Br)c(Oc2ccc(F)cc2F)cc1C(=O)O. The van der Waals surface area contributed by atoms with E-state index in [-0.39, 0.29) is 33.2 Å². The summed E-state index contributed by atoms with van der Waals surface area (Å²) in [4.78, 5) is 11.4. The van der Waals surface area contributed by atoms with Crippen molar-refractivity contribution in [3.8, 4) is 11.5 Å². The van der Waals surface area contributed by atoms with Gasteiger partial charge < -0.3 is 9.84 Å². The lowest BCUT2D eigenvalue weighted by Crippen LogP contribution is -2.17. The van der Waals surface area contributed by atoms with Crippen LogP contribution in [0.15, 0.2) is 34.8 Å². The van der Waals surface area contributed by atoms with Crippen LogP contribution >= 0.6 is 26.6 Å². The van der Waals surface area contributed by atoms with Gasteiger partial charge in [-0.1, -0.05) is 6.92 Å². The molecule has 0 aliphatic rings. The number of carbonyl (C=O) groups is 1. The minimum Gasteiger partial charge on any atom is -0.478 e. The molecule has 0 heterocycles. The van der Waals surface area contributed by atoms with Gasteiger partial charge in [-0.2, -0.15) is 0 Å². The number of nitrogens with one attached hydrogen (secondary N) is 1. The molecule has 2 rings (SSSR count). The Kier molecular flexibility index (Phi) is 9.67. The Balaban J connectivity index is 0.000000703. The van der Waals surface area contributed by atoms with Gasteiger partial charge in [-0.05, 0) is 47.1 Å². The number of anilines is 1. The number of ether oxygens (including phenoxy) is 1. The molecule has 31 heavy (non-hydrogen) atoms. The van der Waals surface area contributed by atoms with E-state index in [0.717, 1.165) is 18.2 Å². The van der Waals surface area contributed by atoms with Crippen LogP contribution in [0.4, 0.5) is 14.5 Å². The van der Waals surface area contributed by atoms with Crippen LogP contribution < -0.4 is 9.46 Å². The molecule has 2 aromatic rings. The second-order valence-electron chi connectivity index (χ2n) is 5.64. The van der Waals surface area contributed by atoms with Crippen LogP contribution in [0, 0.1) is 11.6 Å². The van der Waals surface area contributed by atoms with Gasteiger partial charge in [-0.3, -0.25) is 4.72 Å². The van der Waals surface area contributed by atoms with Gasteiger partial charge in [0.2, 0.25) is 19.1 Å². The standard InChI is InChI=1S/C15H12BrF2NO5S.C2H5ClO2S/c1-2-25(22,23)19-12-7-10(16)14(6-9(12)15(20)21)24-13-4-3-8(17)5-11(13)18;1-2-6(3,4)5/h3-7,19H,2H2,1H3,(H,20,21);2H2,1H3. The maximum Gasteiger partial charge on any atom is 0.337 e. The molecule has 0 radical (unpaired) electrons. The molecule has 2 aromatic carbocycles. The summed E-state index contributed by atoms with van der Waals surface area (Å²) in [6.45, 7) is 2.88. The Morgan fingerprint density at radius 2 is 1.68 bits per heavy atom. The third kappa shape index (κ3) is 8.97. The Bertz CT molecular complexity index is 1180. The van der Waals surface area contributed by atoms with Gasteiger partial charge in [0.15, 0.2) is 11.6 Å². The number of halogens is 4. The molecule has 0 spiro atoms. The zero-order valence-electron chi connectivity index (χ0n) is 16.0. The van der Waals surface area contributed by atoms with Crippen LogP contribution in [0.1, 0.15) is 24.2 Å². The number of benzene rings is 2. The first-order valence-electron chi connectivity index (χ1n) is 8.31. The third-order valence-corrected chi connectivity index (χ3v) is 6.66. The Labute approximate surface area is 190 Å². The smallest absolute Gasteiger partial charge is 0.337 e. The van der Waals surface area contributed by atoms with E-state index in [1.165, 1.54) is 19.9 Å². The maximum atomic E-state index is 13.7. The van der Waals surface area contributed by atoms with Crippen LogP contribution in [0.2, 0.25) is 0 Å². The van der Waals surface area contributed by atoms with Crippen LogP contribution in [-0.2, 0) is 19.1 Å². The minimum absolute atomic E-state index is 0.00849. The Hall–Kier alpha value is -1.96. The summed E-state index contributed by atoms with van der Waals surface area (Å²) in [7, 11) is -2.21. The van der Waals surface area contributed by atoms with Crippen LogP contribution in [0.25, 0.3) is 0 Å². The van der Waals surface area contributed by atoms with E-state index < -0.39 is 42.2 Å². The molecule has 0 unspecified atom stereocenters. The predicted octanol–water partition coefficient (Wildman–Crippen LogP) is 4.55. The van der Waals surface area contributed by atoms with Crippen molar-refractivity contribution >= 4 is 57.3 Å². The molecule has 172 valence electrons. The zero-order chi connectivity index (χ0) is 24.0. The van der Waals surface area contributed by atoms with Gasteiger partial charge in [0, 0.05) is 16.7 Å². The molecular weight excluding hydrogens is 548 g/mol. The number of carboxylic acid groups (broad SMARTS) is 1. The van der Waals surface area contributed by atoms with E-state index in [1.54, 1.807) is 0 Å². The highest BCUT2D eigenvalue weighted by atomic mass is 79.9. The highest BCUT2D eigenvalue weighted by Gasteiger charge is 2.19. The maximum absolute atomic E-state index is 13.7. The molecule has 0 amide bonds. The van der Waals surface area contributed by atoms with E-state index in [0.29, 0.717) is 6.07 Å². The average molecular weight is 565 g/mol. The Morgan fingerprint density at radius 3 is 2.13 bits per heavy atom. The van der Waals surface area contributed by atoms with E-state index in [9.17, 15) is 35.5 Å². The summed E-state index contributed by atoms with van der Waals surface area (Å²) in [6.07, 6.45) is 0. The van der Waals surface area contributed by atoms with Gasteiger partial charge in [-0.15, -0.1) is 0 Å². The number of aromatic carboxylic acids is 1. The van der Waals surface area contributed by atoms with Crippen molar-refractivity contribution in [2.75, 3.05) is 16.2 Å². The predicted molar refractivity (Wildman–Crippen MR) is 116 cm³/mol. The van der Waals surface area contributed by atoms with Gasteiger partial charge in [0.25, 0.3) is 0 Å². The second kappa shape index (κ2) is 11.1. The van der Waals surface area contributed by atoms with Crippen molar-refractivity contribution in [3.05, 3.63) is 52.0 Å². The fourth-order valence-electron chi connectivity index (χ4n) is 1.81. The van der Waals surface area contributed by atoms with Crippen molar-refractivity contribution in [3.63, 3.8) is 0 Å². The van der Waals surface area contributed by atoms with Crippen molar-refractivity contribution in [1.82, 2.24) is 0 Å². The number of hydrogen-bond donors (Lipinski definition) is 2. The fraction of sp³-hybridized carbons (Fsp3) is 0.235. The van der Waals surface area contributed by atoms with Crippen molar-refractivity contribution in [2.45, 2.75) is 13.8 Å². The zero-order valence-corrected chi connectivity index (χ0v) is 20.0. The number of carboxylic acids is 1. The first-order chi connectivity index (χ1) is 14.2. The first kappa shape index (κ1) is 27.1. The molecular formula is C17H17BrClF2NO7S2. The summed E-state index contributed by atoms with van der Waals surface area (Å²) in [5.41, 5.74) is -0.564. The molecule has 2 N–H and O–H groups in total. The summed E-state index contributed by atoms with van der Waals surface area (Å²) < 4.78 is 77.1. The number of hydrogen-bond acceptors (Lipinski definition) is 6. The van der Waals surface area contributed by atoms with Crippen molar-refractivity contribution < 1.29 is 40.3 Å². The average Bonchev–Trinajstić information content (AvgIpc) is 2.65. The van der Waals surface area contributed by atoms with Crippen LogP contribution in [0.5, 0.6) is 11.5 Å². The van der Waals surface area contributed by atoms with Crippen molar-refractivity contribution in [2.24, 2.45) is 0 Å². The molecule has 0 aliphatic carbocycles. The Morgan fingerprint density at radius 1 is 1.10 bits per heavy atom. The molecule has 8 nitrogen and oxygen atoms in total. The normalized spacial score (nSPS) is 11.3. The van der Waals surface area contributed by atoms with Gasteiger partial charge in [-0.25, -0.2) is 30.4 Å². The molecule has 0 saturated carbocycles. The lowest BCUT2D eigenvalue weighted by atomic mass is 10.1. The second-order valence-corrected chi connectivity index (χ2v) is 11.6. The van der Waals surface area contributed by atoms with Crippen molar-refractivity contribution in [1.29, 1.82) is 0 Å². The molecule has 0 fully saturated rings. The lowest BCUT2D eigenvalue weighted by Gasteiger charge is -2.14. The highest BCUT2D eigenvalue weighted by Crippen LogP contribution is 2.36. The van der Waals surface area contributed by atoms with Gasteiger partial charge in [0.05, 0.1) is 27.2 Å². The van der Waals surface area contributed by atoms with Crippen LogP contribution in [0.3, 0.4) is 0 Å². The van der Waals surface area contributed by atoms with Gasteiger partial charge in [0.1, 0.15) is 11.6 Å². The van der Waals surface area contributed by atoms with E-state index >= 15 is 0 Å². The van der Waals surface area contributed by atoms with Gasteiger partial charge >= 0.3 is 5.97 Å². The quantitative estimate of drug-likeness (QED) is 0.472. The fourth-order valence-corrected chi connectivity index (χ4v) is 2.88. The summed E-state index contributed by atoms with van der Waals surface area (Å²) >= 11 is 3.11. The largest absolute Gasteiger partial charge is 0.478 e. The van der Waals surface area contributed by atoms with E-state index in [2.05, 4.69) is 31.3 Å². The molecule has 0 aromatic heterocycles. The monoisotopic (exact) mass is 563 g/mol. The van der Waals surface area contributed by atoms with E-state index in [1.807, 2.05) is 0 Å². The molecule has 0 bridgehead atoms.